The van der Waals surface area contributed by atoms with E-state index < -0.39 is 0 Å². The SMILES string of the molecule is CNC(C)c1ccc(N2CCC(COC)C2)cc1Br. The lowest BCUT2D eigenvalue weighted by Gasteiger charge is -2.21. The predicted molar refractivity (Wildman–Crippen MR) is 83.8 cm³/mol. The maximum atomic E-state index is 5.25. The minimum Gasteiger partial charge on any atom is -0.384 e. The van der Waals surface area contributed by atoms with Gasteiger partial charge in [-0.05, 0) is 38.1 Å². The van der Waals surface area contributed by atoms with Gasteiger partial charge < -0.3 is 15.0 Å². The number of nitrogens with one attached hydrogen (secondary N) is 1. The van der Waals surface area contributed by atoms with Crippen molar-refractivity contribution in [3.05, 3.63) is 28.2 Å². The average molecular weight is 327 g/mol. The first-order valence-corrected chi connectivity index (χ1v) is 7.65. The van der Waals surface area contributed by atoms with Crippen LogP contribution in [0.25, 0.3) is 0 Å². The van der Waals surface area contributed by atoms with Crippen LogP contribution in [0.15, 0.2) is 22.7 Å². The minimum absolute atomic E-state index is 0.364. The summed E-state index contributed by atoms with van der Waals surface area (Å²) >= 11 is 3.69. The third kappa shape index (κ3) is 3.50. The molecular weight excluding hydrogens is 304 g/mol. The van der Waals surface area contributed by atoms with Crippen LogP contribution in [0, 0.1) is 5.92 Å². The van der Waals surface area contributed by atoms with E-state index in [0.717, 1.165) is 19.7 Å². The van der Waals surface area contributed by atoms with Crippen molar-refractivity contribution in [1.82, 2.24) is 5.32 Å². The largest absolute Gasteiger partial charge is 0.384 e. The Morgan fingerprint density at radius 3 is 2.95 bits per heavy atom. The van der Waals surface area contributed by atoms with Crippen molar-refractivity contribution in [2.75, 3.05) is 38.8 Å². The van der Waals surface area contributed by atoms with Crippen LogP contribution in [-0.4, -0.2) is 33.9 Å². The molecule has 1 aromatic carbocycles. The summed E-state index contributed by atoms with van der Waals surface area (Å²) in [4.78, 5) is 2.45. The first kappa shape index (κ1) is 14.8. The number of benzene rings is 1. The van der Waals surface area contributed by atoms with Crippen LogP contribution in [0.2, 0.25) is 0 Å². The third-order valence-electron chi connectivity index (χ3n) is 3.94. The van der Waals surface area contributed by atoms with Gasteiger partial charge in [-0.3, -0.25) is 0 Å². The standard InChI is InChI=1S/C15H23BrN2O/c1-11(17-2)14-5-4-13(8-15(14)16)18-7-6-12(9-18)10-19-3/h4-5,8,11-12,17H,6-7,9-10H2,1-3H3. The number of hydrogen-bond acceptors (Lipinski definition) is 3. The summed E-state index contributed by atoms with van der Waals surface area (Å²) in [5.74, 6) is 0.666. The van der Waals surface area contributed by atoms with Crippen LogP contribution in [-0.2, 0) is 4.74 Å². The van der Waals surface area contributed by atoms with Crippen molar-refractivity contribution in [2.24, 2.45) is 5.92 Å². The molecule has 0 bridgehead atoms. The van der Waals surface area contributed by atoms with E-state index in [0.29, 0.717) is 12.0 Å². The fraction of sp³-hybridized carbons (Fsp3) is 0.600. The topological polar surface area (TPSA) is 24.5 Å². The number of nitrogens with zero attached hydrogens (tertiary/aromatic N) is 1. The second-order valence-electron chi connectivity index (χ2n) is 5.27. The highest BCUT2D eigenvalue weighted by atomic mass is 79.9. The van der Waals surface area contributed by atoms with Crippen LogP contribution in [0.5, 0.6) is 0 Å². The molecule has 0 spiro atoms. The lowest BCUT2D eigenvalue weighted by molar-refractivity contribution is 0.161. The monoisotopic (exact) mass is 326 g/mol. The third-order valence-corrected chi connectivity index (χ3v) is 4.62. The van der Waals surface area contributed by atoms with E-state index >= 15 is 0 Å². The Kier molecular flexibility index (Phi) is 5.25. The highest BCUT2D eigenvalue weighted by Gasteiger charge is 2.23. The maximum absolute atomic E-state index is 5.25. The Morgan fingerprint density at radius 1 is 1.53 bits per heavy atom. The Hall–Kier alpha value is -0.580. The van der Waals surface area contributed by atoms with Crippen molar-refractivity contribution >= 4 is 21.6 Å². The van der Waals surface area contributed by atoms with E-state index in [1.807, 2.05) is 7.05 Å². The van der Waals surface area contributed by atoms with Gasteiger partial charge in [-0.25, -0.2) is 0 Å². The normalized spacial score (nSPS) is 20.8. The fourth-order valence-corrected chi connectivity index (χ4v) is 3.37. The van der Waals surface area contributed by atoms with E-state index in [2.05, 4.69) is 51.3 Å². The van der Waals surface area contributed by atoms with Gasteiger partial charge in [-0.15, -0.1) is 0 Å². The molecule has 2 unspecified atom stereocenters. The Bertz CT molecular complexity index is 425. The maximum Gasteiger partial charge on any atom is 0.0508 e. The molecular formula is C15H23BrN2O. The molecule has 106 valence electrons. The fourth-order valence-electron chi connectivity index (χ4n) is 2.66. The van der Waals surface area contributed by atoms with Crippen molar-refractivity contribution in [3.63, 3.8) is 0 Å². The Balaban J connectivity index is 2.08. The van der Waals surface area contributed by atoms with Gasteiger partial charge in [0.1, 0.15) is 0 Å². The predicted octanol–water partition coefficient (Wildman–Crippen LogP) is 3.20. The highest BCUT2D eigenvalue weighted by molar-refractivity contribution is 9.10. The molecule has 0 radical (unpaired) electrons. The molecule has 3 nitrogen and oxygen atoms in total. The average Bonchev–Trinajstić information content (AvgIpc) is 2.87. The lowest BCUT2D eigenvalue weighted by Crippen LogP contribution is -2.21. The van der Waals surface area contributed by atoms with Gasteiger partial charge in [0.15, 0.2) is 0 Å². The molecule has 0 aromatic heterocycles. The van der Waals surface area contributed by atoms with Crippen LogP contribution >= 0.6 is 15.9 Å². The number of anilines is 1. The molecule has 0 saturated carbocycles. The molecule has 4 heteroatoms. The van der Waals surface area contributed by atoms with Gasteiger partial charge >= 0.3 is 0 Å². The quantitative estimate of drug-likeness (QED) is 0.899. The molecule has 0 aliphatic carbocycles. The van der Waals surface area contributed by atoms with Crippen molar-refractivity contribution in [1.29, 1.82) is 0 Å². The zero-order valence-corrected chi connectivity index (χ0v) is 13.5. The summed E-state index contributed by atoms with van der Waals surface area (Å²) in [6, 6.07) is 7.04. The van der Waals surface area contributed by atoms with Crippen molar-refractivity contribution in [2.45, 2.75) is 19.4 Å². The first-order chi connectivity index (χ1) is 9.15. The van der Waals surface area contributed by atoms with Crippen molar-refractivity contribution < 1.29 is 4.74 Å². The molecule has 0 amide bonds. The second-order valence-corrected chi connectivity index (χ2v) is 6.13. The number of rotatable bonds is 5. The zero-order chi connectivity index (χ0) is 13.8. The van der Waals surface area contributed by atoms with Gasteiger partial charge in [-0.1, -0.05) is 22.0 Å². The van der Waals surface area contributed by atoms with Gasteiger partial charge in [0, 0.05) is 42.3 Å². The first-order valence-electron chi connectivity index (χ1n) is 6.86. The molecule has 2 atom stereocenters. The van der Waals surface area contributed by atoms with E-state index in [1.165, 1.54) is 22.1 Å². The smallest absolute Gasteiger partial charge is 0.0508 e. The van der Waals surface area contributed by atoms with Crippen LogP contribution in [0.1, 0.15) is 24.9 Å². The number of halogens is 1. The second kappa shape index (κ2) is 6.73. The number of methoxy groups -OCH3 is 1. The summed E-state index contributed by atoms with van der Waals surface area (Å²) in [5, 5.41) is 3.27. The van der Waals surface area contributed by atoms with E-state index in [1.54, 1.807) is 7.11 Å². The minimum atomic E-state index is 0.364. The molecule has 1 aliphatic heterocycles. The molecule has 1 N–H and O–H groups in total. The summed E-state index contributed by atoms with van der Waals surface area (Å²) in [7, 11) is 3.77. The lowest BCUT2D eigenvalue weighted by atomic mass is 10.1. The molecule has 1 heterocycles. The molecule has 1 fully saturated rings. The number of hydrogen-bond donors (Lipinski definition) is 1. The van der Waals surface area contributed by atoms with Gasteiger partial charge in [0.2, 0.25) is 0 Å². The molecule has 1 aromatic rings. The van der Waals surface area contributed by atoms with Crippen LogP contribution < -0.4 is 10.2 Å². The zero-order valence-electron chi connectivity index (χ0n) is 11.9. The summed E-state index contributed by atoms with van der Waals surface area (Å²) < 4.78 is 6.44. The van der Waals surface area contributed by atoms with Crippen molar-refractivity contribution in [3.8, 4) is 0 Å². The van der Waals surface area contributed by atoms with E-state index in [4.69, 9.17) is 4.74 Å². The van der Waals surface area contributed by atoms with E-state index in [-0.39, 0.29) is 0 Å². The van der Waals surface area contributed by atoms with E-state index in [9.17, 15) is 0 Å². The van der Waals surface area contributed by atoms with Crippen LogP contribution in [0.4, 0.5) is 5.69 Å². The Labute approximate surface area is 124 Å². The van der Waals surface area contributed by atoms with Gasteiger partial charge in [-0.2, -0.15) is 0 Å². The molecule has 2 rings (SSSR count). The Morgan fingerprint density at radius 2 is 2.32 bits per heavy atom. The van der Waals surface area contributed by atoms with Gasteiger partial charge in [0.25, 0.3) is 0 Å². The summed E-state index contributed by atoms with van der Waals surface area (Å²) in [6.07, 6.45) is 1.22. The summed E-state index contributed by atoms with van der Waals surface area (Å²) in [6.45, 7) is 5.26. The molecule has 1 aliphatic rings. The van der Waals surface area contributed by atoms with Gasteiger partial charge in [0.05, 0.1) is 6.61 Å². The molecule has 1 saturated heterocycles. The molecule has 19 heavy (non-hydrogen) atoms. The summed E-state index contributed by atoms with van der Waals surface area (Å²) in [5.41, 5.74) is 2.61. The number of ether oxygens (including phenoxy) is 1. The van der Waals surface area contributed by atoms with Crippen LogP contribution in [0.3, 0.4) is 0 Å². The highest BCUT2D eigenvalue weighted by Crippen LogP contribution is 2.30.